The van der Waals surface area contributed by atoms with Crippen molar-refractivity contribution in [3.8, 4) is 5.88 Å². The predicted molar refractivity (Wildman–Crippen MR) is 72.4 cm³/mol. The lowest BCUT2D eigenvalue weighted by molar-refractivity contribution is -0.137. The van der Waals surface area contributed by atoms with Crippen molar-refractivity contribution < 1.29 is 14.6 Å². The van der Waals surface area contributed by atoms with Gasteiger partial charge in [0.2, 0.25) is 0 Å². The number of carboxylic acid groups (broad SMARTS) is 1. The van der Waals surface area contributed by atoms with Crippen LogP contribution in [0.15, 0.2) is 6.08 Å². The molecule has 0 saturated heterocycles. The number of ether oxygens (including phenoxy) is 1. The molecule has 0 radical (unpaired) electrons. The molecule has 0 atom stereocenters. The first kappa shape index (κ1) is 14.0. The van der Waals surface area contributed by atoms with Crippen LogP contribution in [0.5, 0.6) is 5.88 Å². The fourth-order valence-corrected chi connectivity index (χ4v) is 2.46. The van der Waals surface area contributed by atoms with Gasteiger partial charge in [-0.1, -0.05) is 6.08 Å². The summed E-state index contributed by atoms with van der Waals surface area (Å²) in [4.78, 5) is 12.6. The second kappa shape index (κ2) is 6.63. The van der Waals surface area contributed by atoms with E-state index in [1.165, 1.54) is 0 Å². The van der Waals surface area contributed by atoms with E-state index in [9.17, 15) is 4.79 Å². The molecule has 1 aromatic rings. The highest BCUT2D eigenvalue weighted by atomic mass is 32.1. The van der Waals surface area contributed by atoms with Gasteiger partial charge in [0.15, 0.2) is 0 Å². The lowest BCUT2D eigenvalue weighted by Crippen LogP contribution is -2.25. The Balaban J connectivity index is 1.94. The molecule has 6 nitrogen and oxygen atoms in total. The van der Waals surface area contributed by atoms with Crippen molar-refractivity contribution in [1.29, 1.82) is 0 Å². The Morgan fingerprint density at radius 2 is 2.42 bits per heavy atom. The summed E-state index contributed by atoms with van der Waals surface area (Å²) in [6.07, 6.45) is 3.76. The van der Waals surface area contributed by atoms with Crippen LogP contribution >= 0.6 is 11.7 Å². The molecule has 0 aliphatic carbocycles. The van der Waals surface area contributed by atoms with Gasteiger partial charge >= 0.3 is 5.97 Å². The molecule has 0 fully saturated rings. The molecular formula is C12H17N3O3S. The minimum Gasteiger partial charge on any atom is -0.481 e. The van der Waals surface area contributed by atoms with Gasteiger partial charge in [-0.3, -0.25) is 4.79 Å². The summed E-state index contributed by atoms with van der Waals surface area (Å²) in [5, 5.41) is 8.56. The maximum Gasteiger partial charge on any atom is 0.303 e. The van der Waals surface area contributed by atoms with Crippen LogP contribution in [0.3, 0.4) is 0 Å². The van der Waals surface area contributed by atoms with Crippen LogP contribution in [0, 0.1) is 0 Å². The van der Waals surface area contributed by atoms with Gasteiger partial charge < -0.3 is 14.7 Å². The average Bonchev–Trinajstić information content (AvgIpc) is 2.83. The number of carbonyl (C=O) groups is 1. The van der Waals surface area contributed by atoms with Gasteiger partial charge in [-0.2, -0.15) is 4.37 Å². The highest BCUT2D eigenvalue weighted by Gasteiger charge is 2.18. The van der Waals surface area contributed by atoms with Crippen molar-refractivity contribution in [2.45, 2.75) is 19.3 Å². The van der Waals surface area contributed by atoms with E-state index in [0.717, 1.165) is 42.5 Å². The zero-order valence-corrected chi connectivity index (χ0v) is 11.7. The Morgan fingerprint density at radius 3 is 3.16 bits per heavy atom. The molecular weight excluding hydrogens is 266 g/mol. The van der Waals surface area contributed by atoms with Crippen molar-refractivity contribution in [2.75, 3.05) is 26.7 Å². The molecule has 0 unspecified atom stereocenters. The minimum absolute atomic E-state index is 0.109. The van der Waals surface area contributed by atoms with E-state index in [4.69, 9.17) is 9.84 Å². The second-order valence-electron chi connectivity index (χ2n) is 4.52. The Bertz CT molecular complexity index is 473. The summed E-state index contributed by atoms with van der Waals surface area (Å²) in [6, 6.07) is 0. The standard InChI is InChI=1S/C12H17N3O3S/c1-15-6-2-4-9(8-15)11-12(14-19-13-11)18-7-3-5-10(16)17/h4H,2-3,5-8H2,1H3,(H,16,17). The largest absolute Gasteiger partial charge is 0.481 e. The number of rotatable bonds is 6. The summed E-state index contributed by atoms with van der Waals surface area (Å²) >= 11 is 1.12. The molecule has 0 aromatic carbocycles. The fourth-order valence-electron chi connectivity index (χ4n) is 1.93. The number of hydrogen-bond donors (Lipinski definition) is 1. The molecule has 1 aliphatic rings. The monoisotopic (exact) mass is 283 g/mol. The highest BCUT2D eigenvalue weighted by Crippen LogP contribution is 2.26. The molecule has 104 valence electrons. The first-order valence-corrected chi connectivity index (χ1v) is 6.95. The Morgan fingerprint density at radius 1 is 1.58 bits per heavy atom. The number of nitrogens with zero attached hydrogens (tertiary/aromatic N) is 3. The first-order valence-electron chi connectivity index (χ1n) is 6.22. The van der Waals surface area contributed by atoms with Crippen LogP contribution in [-0.2, 0) is 4.79 Å². The Labute approximate surface area is 116 Å². The summed E-state index contributed by atoms with van der Waals surface area (Å²) < 4.78 is 13.9. The molecule has 0 bridgehead atoms. The average molecular weight is 283 g/mol. The lowest BCUT2D eigenvalue weighted by Gasteiger charge is -2.22. The lowest BCUT2D eigenvalue weighted by atomic mass is 10.1. The zero-order chi connectivity index (χ0) is 13.7. The van der Waals surface area contributed by atoms with E-state index >= 15 is 0 Å². The van der Waals surface area contributed by atoms with E-state index in [-0.39, 0.29) is 6.42 Å². The van der Waals surface area contributed by atoms with E-state index < -0.39 is 5.97 Å². The molecule has 0 amide bonds. The smallest absolute Gasteiger partial charge is 0.303 e. The molecule has 19 heavy (non-hydrogen) atoms. The van der Waals surface area contributed by atoms with Gasteiger partial charge in [-0.15, -0.1) is 4.37 Å². The van der Waals surface area contributed by atoms with Crippen molar-refractivity contribution in [3.63, 3.8) is 0 Å². The van der Waals surface area contributed by atoms with E-state index in [2.05, 4.69) is 26.8 Å². The number of likely N-dealkylation sites (N-methyl/N-ethyl adjacent to an activating group) is 1. The molecule has 0 spiro atoms. The zero-order valence-electron chi connectivity index (χ0n) is 10.8. The van der Waals surface area contributed by atoms with Crippen LogP contribution in [0.25, 0.3) is 5.57 Å². The third-order valence-corrected chi connectivity index (χ3v) is 3.39. The topological polar surface area (TPSA) is 75.5 Å². The minimum atomic E-state index is -0.808. The van der Waals surface area contributed by atoms with Gasteiger partial charge in [-0.25, -0.2) is 0 Å². The molecule has 1 N–H and O–H groups in total. The summed E-state index contributed by atoms with van der Waals surface area (Å²) in [7, 11) is 2.07. The van der Waals surface area contributed by atoms with Crippen molar-refractivity contribution in [2.24, 2.45) is 0 Å². The van der Waals surface area contributed by atoms with Crippen molar-refractivity contribution in [3.05, 3.63) is 11.8 Å². The van der Waals surface area contributed by atoms with E-state index in [1.54, 1.807) is 0 Å². The highest BCUT2D eigenvalue weighted by molar-refractivity contribution is 6.99. The first-order chi connectivity index (χ1) is 9.16. The van der Waals surface area contributed by atoms with Gasteiger partial charge in [0.05, 0.1) is 18.3 Å². The molecule has 2 rings (SSSR count). The van der Waals surface area contributed by atoms with Crippen LogP contribution < -0.4 is 4.74 Å². The molecule has 2 heterocycles. The SMILES string of the molecule is CN1CCC=C(c2nsnc2OCCCC(=O)O)C1. The van der Waals surface area contributed by atoms with Crippen LogP contribution in [0.4, 0.5) is 0 Å². The molecule has 1 aliphatic heterocycles. The summed E-state index contributed by atoms with van der Waals surface area (Å²) in [5.41, 5.74) is 1.93. The normalized spacial score (nSPS) is 16.2. The van der Waals surface area contributed by atoms with Crippen LogP contribution in [-0.4, -0.2) is 51.5 Å². The van der Waals surface area contributed by atoms with Crippen molar-refractivity contribution in [1.82, 2.24) is 13.6 Å². The fraction of sp³-hybridized carbons (Fsp3) is 0.583. The van der Waals surface area contributed by atoms with Crippen molar-refractivity contribution >= 4 is 23.3 Å². The van der Waals surface area contributed by atoms with Gasteiger partial charge in [-0.05, 0) is 25.5 Å². The Hall–Kier alpha value is -1.47. The third-order valence-electron chi connectivity index (χ3n) is 2.88. The van der Waals surface area contributed by atoms with Gasteiger partial charge in [0, 0.05) is 19.5 Å². The number of aromatic nitrogens is 2. The summed E-state index contributed by atoms with van der Waals surface area (Å²) in [6.45, 7) is 2.25. The number of hydrogen-bond acceptors (Lipinski definition) is 6. The van der Waals surface area contributed by atoms with E-state index in [0.29, 0.717) is 18.9 Å². The number of aliphatic carboxylic acids is 1. The van der Waals surface area contributed by atoms with E-state index in [1.807, 2.05) is 0 Å². The molecule has 0 saturated carbocycles. The molecule has 1 aromatic heterocycles. The van der Waals surface area contributed by atoms with Gasteiger partial charge in [0.1, 0.15) is 5.69 Å². The summed E-state index contributed by atoms with van der Waals surface area (Å²) in [5.74, 6) is -0.284. The maximum absolute atomic E-state index is 10.4. The quantitative estimate of drug-likeness (QED) is 0.797. The number of carboxylic acids is 1. The Kier molecular flexibility index (Phi) is 4.86. The molecule has 7 heteroatoms. The van der Waals surface area contributed by atoms with Crippen LogP contribution in [0.1, 0.15) is 25.0 Å². The van der Waals surface area contributed by atoms with Crippen LogP contribution in [0.2, 0.25) is 0 Å². The predicted octanol–water partition coefficient (Wildman–Crippen LogP) is 1.50. The third kappa shape index (κ3) is 4.00. The van der Waals surface area contributed by atoms with Gasteiger partial charge in [0.25, 0.3) is 5.88 Å². The second-order valence-corrected chi connectivity index (χ2v) is 5.05. The maximum atomic E-state index is 10.4.